The standard InChI is InChI=1S/C24H20F3N3O3S/c1-14-15(2)34-22-20(14)21(32)30(18-11-7-8-16(12-18)24(25,26)27)23(33)29(22)13-19(31)28(3)17-9-5-4-6-10-17/h4-12H,13H2,1-3H3. The second kappa shape index (κ2) is 8.60. The van der Waals surface area contributed by atoms with Crippen molar-refractivity contribution in [3.8, 4) is 5.69 Å². The van der Waals surface area contributed by atoms with Crippen molar-refractivity contribution in [1.29, 1.82) is 0 Å². The first kappa shape index (κ1) is 23.5. The highest BCUT2D eigenvalue weighted by atomic mass is 32.1. The van der Waals surface area contributed by atoms with Crippen LogP contribution in [0.25, 0.3) is 15.9 Å². The summed E-state index contributed by atoms with van der Waals surface area (Å²) in [5, 5.41) is 0.203. The summed E-state index contributed by atoms with van der Waals surface area (Å²) in [5.41, 5.74) is -1.58. The Balaban J connectivity index is 1.93. The van der Waals surface area contributed by atoms with Gasteiger partial charge in [0.25, 0.3) is 5.56 Å². The van der Waals surface area contributed by atoms with Gasteiger partial charge in [-0.15, -0.1) is 11.3 Å². The highest BCUT2D eigenvalue weighted by Crippen LogP contribution is 2.31. The quantitative estimate of drug-likeness (QED) is 0.426. The number of alkyl halides is 3. The molecule has 2 aromatic carbocycles. The summed E-state index contributed by atoms with van der Waals surface area (Å²) in [5.74, 6) is -0.424. The first-order valence-electron chi connectivity index (χ1n) is 10.3. The fourth-order valence-corrected chi connectivity index (χ4v) is 4.82. The topological polar surface area (TPSA) is 64.3 Å². The van der Waals surface area contributed by atoms with Crippen molar-refractivity contribution < 1.29 is 18.0 Å². The van der Waals surface area contributed by atoms with Crippen LogP contribution in [0.3, 0.4) is 0 Å². The van der Waals surface area contributed by atoms with Gasteiger partial charge in [0.05, 0.1) is 16.6 Å². The zero-order chi connectivity index (χ0) is 24.8. The number of likely N-dealkylation sites (N-methyl/N-ethyl adjacent to an activating group) is 1. The minimum Gasteiger partial charge on any atom is -0.314 e. The van der Waals surface area contributed by atoms with Crippen LogP contribution in [0.2, 0.25) is 0 Å². The number of benzene rings is 2. The Morgan fingerprint density at radius 1 is 1.03 bits per heavy atom. The van der Waals surface area contributed by atoms with E-state index in [4.69, 9.17) is 0 Å². The Morgan fingerprint density at radius 3 is 2.35 bits per heavy atom. The van der Waals surface area contributed by atoms with E-state index in [0.717, 1.165) is 27.6 Å². The number of amides is 1. The molecule has 0 fully saturated rings. The third-order valence-corrected chi connectivity index (χ3v) is 6.92. The molecule has 0 aliphatic carbocycles. The summed E-state index contributed by atoms with van der Waals surface area (Å²) in [4.78, 5) is 42.3. The number of carbonyl (C=O) groups excluding carboxylic acids is 1. The Labute approximate surface area is 196 Å². The number of halogens is 3. The number of carbonyl (C=O) groups is 1. The number of para-hydroxylation sites is 1. The van der Waals surface area contributed by atoms with Crippen LogP contribution < -0.4 is 16.1 Å². The lowest BCUT2D eigenvalue weighted by Gasteiger charge is -2.19. The van der Waals surface area contributed by atoms with E-state index in [1.807, 2.05) is 0 Å². The molecule has 2 aromatic heterocycles. The van der Waals surface area contributed by atoms with Gasteiger partial charge >= 0.3 is 11.9 Å². The number of fused-ring (bicyclic) bond motifs is 1. The fraction of sp³-hybridized carbons (Fsp3) is 0.208. The van der Waals surface area contributed by atoms with Crippen LogP contribution in [-0.2, 0) is 17.5 Å². The molecule has 0 saturated carbocycles. The first-order valence-corrected chi connectivity index (χ1v) is 11.1. The van der Waals surface area contributed by atoms with Crippen molar-refractivity contribution in [2.24, 2.45) is 0 Å². The van der Waals surface area contributed by atoms with Gasteiger partial charge in [0.15, 0.2) is 0 Å². The Bertz CT molecular complexity index is 1520. The smallest absolute Gasteiger partial charge is 0.314 e. The largest absolute Gasteiger partial charge is 0.416 e. The van der Waals surface area contributed by atoms with E-state index in [1.54, 1.807) is 51.2 Å². The van der Waals surface area contributed by atoms with E-state index >= 15 is 0 Å². The van der Waals surface area contributed by atoms with Gasteiger partial charge in [0.2, 0.25) is 5.91 Å². The van der Waals surface area contributed by atoms with Crippen molar-refractivity contribution in [3.63, 3.8) is 0 Å². The summed E-state index contributed by atoms with van der Waals surface area (Å²) in [7, 11) is 1.56. The average molecular weight is 488 g/mol. The van der Waals surface area contributed by atoms with Gasteiger partial charge in [0, 0.05) is 17.6 Å². The maximum absolute atomic E-state index is 13.5. The van der Waals surface area contributed by atoms with E-state index in [1.165, 1.54) is 22.3 Å². The average Bonchev–Trinajstić information content (AvgIpc) is 3.10. The molecular weight excluding hydrogens is 467 g/mol. The number of rotatable bonds is 4. The zero-order valence-electron chi connectivity index (χ0n) is 18.5. The molecule has 176 valence electrons. The van der Waals surface area contributed by atoms with E-state index in [2.05, 4.69) is 0 Å². The molecule has 2 heterocycles. The summed E-state index contributed by atoms with van der Waals surface area (Å²) in [6.07, 6.45) is -4.65. The predicted molar refractivity (Wildman–Crippen MR) is 126 cm³/mol. The first-order chi connectivity index (χ1) is 16.0. The van der Waals surface area contributed by atoms with Crippen LogP contribution in [0.5, 0.6) is 0 Å². The van der Waals surface area contributed by atoms with Crippen molar-refractivity contribution in [1.82, 2.24) is 9.13 Å². The minimum atomic E-state index is -4.65. The number of hydrogen-bond acceptors (Lipinski definition) is 4. The Morgan fingerprint density at radius 2 is 1.71 bits per heavy atom. The van der Waals surface area contributed by atoms with Gasteiger partial charge in [-0.25, -0.2) is 9.36 Å². The molecule has 0 atom stereocenters. The molecule has 4 rings (SSSR count). The van der Waals surface area contributed by atoms with Crippen LogP contribution in [-0.4, -0.2) is 22.1 Å². The second-order valence-electron chi connectivity index (χ2n) is 7.81. The van der Waals surface area contributed by atoms with E-state index in [-0.39, 0.29) is 17.6 Å². The maximum atomic E-state index is 13.5. The number of hydrogen-bond donors (Lipinski definition) is 0. The third kappa shape index (κ3) is 4.05. The maximum Gasteiger partial charge on any atom is 0.416 e. The summed E-state index contributed by atoms with van der Waals surface area (Å²) < 4.78 is 41.7. The van der Waals surface area contributed by atoms with Crippen molar-refractivity contribution in [2.75, 3.05) is 11.9 Å². The number of anilines is 1. The predicted octanol–water partition coefficient (Wildman–Crippen LogP) is 4.51. The van der Waals surface area contributed by atoms with Gasteiger partial charge in [-0.05, 0) is 49.7 Å². The third-order valence-electron chi connectivity index (χ3n) is 5.69. The van der Waals surface area contributed by atoms with Gasteiger partial charge in [-0.1, -0.05) is 24.3 Å². The Hall–Kier alpha value is -3.66. The molecule has 0 radical (unpaired) electrons. The number of aromatic nitrogens is 2. The highest BCUT2D eigenvalue weighted by molar-refractivity contribution is 7.18. The summed E-state index contributed by atoms with van der Waals surface area (Å²) in [6, 6.07) is 12.8. The van der Waals surface area contributed by atoms with Gasteiger partial charge in [-0.3, -0.25) is 14.2 Å². The monoisotopic (exact) mass is 487 g/mol. The molecule has 34 heavy (non-hydrogen) atoms. The molecular formula is C24H20F3N3O3S. The SMILES string of the molecule is Cc1sc2c(c1C)c(=O)n(-c1cccc(C(F)(F)F)c1)c(=O)n2CC(=O)N(C)c1ccccc1. The second-order valence-corrected chi connectivity index (χ2v) is 9.01. The van der Waals surface area contributed by atoms with Gasteiger partial charge in [0.1, 0.15) is 11.4 Å². The zero-order valence-corrected chi connectivity index (χ0v) is 19.3. The molecule has 0 aliphatic heterocycles. The van der Waals surface area contributed by atoms with Crippen LogP contribution >= 0.6 is 11.3 Å². The molecule has 10 heteroatoms. The lowest BCUT2D eigenvalue weighted by Crippen LogP contribution is -2.42. The molecule has 0 unspecified atom stereocenters. The van der Waals surface area contributed by atoms with Gasteiger partial charge in [-0.2, -0.15) is 13.2 Å². The molecule has 0 N–H and O–H groups in total. The summed E-state index contributed by atoms with van der Waals surface area (Å²) >= 11 is 1.19. The highest BCUT2D eigenvalue weighted by Gasteiger charge is 2.31. The number of aryl methyl sites for hydroxylation is 2. The minimum absolute atomic E-state index is 0.203. The van der Waals surface area contributed by atoms with Crippen LogP contribution in [0.1, 0.15) is 16.0 Å². The molecule has 4 aromatic rings. The van der Waals surface area contributed by atoms with Crippen molar-refractivity contribution in [3.05, 3.63) is 91.4 Å². The normalized spacial score (nSPS) is 11.7. The van der Waals surface area contributed by atoms with Gasteiger partial charge < -0.3 is 4.90 Å². The molecule has 0 spiro atoms. The van der Waals surface area contributed by atoms with E-state index in [0.29, 0.717) is 20.6 Å². The van der Waals surface area contributed by atoms with Crippen LogP contribution in [0.15, 0.2) is 64.2 Å². The number of nitrogens with zero attached hydrogens (tertiary/aromatic N) is 3. The summed E-state index contributed by atoms with van der Waals surface area (Å²) in [6.45, 7) is 3.10. The van der Waals surface area contributed by atoms with E-state index in [9.17, 15) is 27.6 Å². The van der Waals surface area contributed by atoms with Crippen molar-refractivity contribution >= 4 is 33.1 Å². The van der Waals surface area contributed by atoms with Crippen molar-refractivity contribution in [2.45, 2.75) is 26.6 Å². The van der Waals surface area contributed by atoms with Crippen LogP contribution in [0.4, 0.5) is 18.9 Å². The lowest BCUT2D eigenvalue weighted by atomic mass is 10.2. The molecule has 0 bridgehead atoms. The molecule has 1 amide bonds. The molecule has 0 saturated heterocycles. The van der Waals surface area contributed by atoms with Crippen LogP contribution in [0, 0.1) is 13.8 Å². The molecule has 6 nitrogen and oxygen atoms in total. The lowest BCUT2D eigenvalue weighted by molar-refractivity contribution is -0.137. The number of thiophene rings is 1. The Kier molecular flexibility index (Phi) is 5.94. The fourth-order valence-electron chi connectivity index (χ4n) is 3.68. The van der Waals surface area contributed by atoms with E-state index < -0.39 is 28.9 Å². The molecule has 0 aliphatic rings.